The van der Waals surface area contributed by atoms with Gasteiger partial charge in [-0.2, -0.15) is 0 Å². The summed E-state index contributed by atoms with van der Waals surface area (Å²) < 4.78 is 0. The maximum absolute atomic E-state index is 5.66. The minimum atomic E-state index is -0.173. The summed E-state index contributed by atoms with van der Waals surface area (Å²) in [6, 6.07) is 10.0. The smallest absolute Gasteiger partial charge is 0.150 e. The van der Waals surface area contributed by atoms with Gasteiger partial charge in [-0.1, -0.05) is 38.1 Å². The van der Waals surface area contributed by atoms with Crippen molar-refractivity contribution in [2.24, 2.45) is 11.8 Å². The van der Waals surface area contributed by atoms with E-state index in [2.05, 4.69) is 47.4 Å². The number of rotatable bonds is 5. The molecule has 4 heteroatoms. The minimum absolute atomic E-state index is 0.173. The van der Waals surface area contributed by atoms with E-state index in [1.54, 1.807) is 18.5 Å². The van der Waals surface area contributed by atoms with Crippen LogP contribution in [0.2, 0.25) is 0 Å². The van der Waals surface area contributed by atoms with Crippen molar-refractivity contribution in [2.45, 2.75) is 26.3 Å². The van der Waals surface area contributed by atoms with Gasteiger partial charge in [-0.3, -0.25) is 5.84 Å². The minimum Gasteiger partial charge on any atom is -0.270 e. The third-order valence-corrected chi connectivity index (χ3v) is 2.94. The molecule has 0 saturated carbocycles. The fourth-order valence-electron chi connectivity index (χ4n) is 2.15. The second-order valence-electron chi connectivity index (χ2n) is 5.05. The van der Waals surface area contributed by atoms with E-state index in [-0.39, 0.29) is 6.04 Å². The second-order valence-corrected chi connectivity index (χ2v) is 5.05. The van der Waals surface area contributed by atoms with Crippen LogP contribution in [0.5, 0.6) is 0 Å². The van der Waals surface area contributed by atoms with Crippen molar-refractivity contribution in [1.29, 1.82) is 0 Å². The third-order valence-electron chi connectivity index (χ3n) is 2.94. The molecule has 2 aromatic rings. The Kier molecular flexibility index (Phi) is 4.60. The Morgan fingerprint density at radius 2 is 1.89 bits per heavy atom. The lowest BCUT2D eigenvalue weighted by Gasteiger charge is -2.16. The van der Waals surface area contributed by atoms with Crippen molar-refractivity contribution in [2.75, 3.05) is 0 Å². The molecule has 19 heavy (non-hydrogen) atoms. The van der Waals surface area contributed by atoms with E-state index in [0.717, 1.165) is 12.0 Å². The van der Waals surface area contributed by atoms with E-state index in [1.807, 2.05) is 6.07 Å². The first-order valence-electron chi connectivity index (χ1n) is 6.52. The predicted molar refractivity (Wildman–Crippen MR) is 76.2 cm³/mol. The lowest BCUT2D eigenvalue weighted by Crippen LogP contribution is -2.30. The summed E-state index contributed by atoms with van der Waals surface area (Å²) in [5.41, 5.74) is 5.19. The van der Waals surface area contributed by atoms with Crippen molar-refractivity contribution in [3.63, 3.8) is 0 Å². The summed E-state index contributed by atoms with van der Waals surface area (Å²) in [5.74, 6) is 6.98. The van der Waals surface area contributed by atoms with Crippen LogP contribution >= 0.6 is 0 Å². The van der Waals surface area contributed by atoms with E-state index >= 15 is 0 Å². The maximum Gasteiger partial charge on any atom is 0.150 e. The monoisotopic (exact) mass is 256 g/mol. The Hall–Kier alpha value is -1.78. The molecule has 0 saturated heterocycles. The highest BCUT2D eigenvalue weighted by molar-refractivity contribution is 5.29. The summed E-state index contributed by atoms with van der Waals surface area (Å²) in [7, 11) is 0. The van der Waals surface area contributed by atoms with Crippen LogP contribution in [-0.4, -0.2) is 9.97 Å². The number of aromatic nitrogens is 2. The molecule has 3 N–H and O–H groups in total. The third kappa shape index (κ3) is 3.59. The Balaban J connectivity index is 2.28. The van der Waals surface area contributed by atoms with Crippen molar-refractivity contribution < 1.29 is 0 Å². The van der Waals surface area contributed by atoms with Gasteiger partial charge in [0.25, 0.3) is 0 Å². The van der Waals surface area contributed by atoms with Crippen LogP contribution in [-0.2, 0) is 6.42 Å². The van der Waals surface area contributed by atoms with Gasteiger partial charge in [0.1, 0.15) is 6.04 Å². The van der Waals surface area contributed by atoms with Gasteiger partial charge in [-0.25, -0.2) is 15.4 Å². The lowest BCUT2D eigenvalue weighted by molar-refractivity contribution is 0.598. The summed E-state index contributed by atoms with van der Waals surface area (Å²) in [5, 5.41) is 0. The molecule has 0 spiro atoms. The van der Waals surface area contributed by atoms with Crippen LogP contribution in [0.15, 0.2) is 42.7 Å². The number of hydrogen-bond acceptors (Lipinski definition) is 4. The molecule has 100 valence electrons. The van der Waals surface area contributed by atoms with Gasteiger partial charge in [0, 0.05) is 12.4 Å². The number of hydrazine groups is 1. The van der Waals surface area contributed by atoms with Crippen LogP contribution in [0.4, 0.5) is 0 Å². The fourth-order valence-corrected chi connectivity index (χ4v) is 2.15. The second kappa shape index (κ2) is 6.41. The maximum atomic E-state index is 5.66. The van der Waals surface area contributed by atoms with E-state index in [0.29, 0.717) is 11.7 Å². The number of hydrogen-bond donors (Lipinski definition) is 2. The highest BCUT2D eigenvalue weighted by Gasteiger charge is 2.15. The Morgan fingerprint density at radius 3 is 2.53 bits per heavy atom. The molecule has 2 rings (SSSR count). The molecule has 0 fully saturated rings. The molecule has 0 amide bonds. The van der Waals surface area contributed by atoms with Gasteiger partial charge in [0.05, 0.1) is 0 Å². The molecule has 1 aromatic carbocycles. The molecule has 4 nitrogen and oxygen atoms in total. The molecule has 0 bridgehead atoms. The van der Waals surface area contributed by atoms with Gasteiger partial charge < -0.3 is 0 Å². The van der Waals surface area contributed by atoms with E-state index < -0.39 is 0 Å². The summed E-state index contributed by atoms with van der Waals surface area (Å²) >= 11 is 0. The number of nitrogens with two attached hydrogens (primary N) is 1. The Morgan fingerprint density at radius 1 is 1.16 bits per heavy atom. The van der Waals surface area contributed by atoms with Crippen molar-refractivity contribution in [3.8, 4) is 0 Å². The van der Waals surface area contributed by atoms with Crippen LogP contribution < -0.4 is 11.3 Å². The zero-order valence-electron chi connectivity index (χ0n) is 11.4. The zero-order valence-corrected chi connectivity index (χ0v) is 11.4. The Labute approximate surface area is 114 Å². The first-order valence-corrected chi connectivity index (χ1v) is 6.52. The quantitative estimate of drug-likeness (QED) is 0.636. The standard InChI is InChI=1S/C15H20N4/c1-11(2)9-12-5-3-6-13(10-12)14(19-16)15-17-7-4-8-18-15/h3-8,10-11,14,19H,9,16H2,1-2H3. The first kappa shape index (κ1) is 13.6. The molecule has 0 aliphatic rings. The van der Waals surface area contributed by atoms with E-state index in [4.69, 9.17) is 5.84 Å². The molecule has 1 heterocycles. The van der Waals surface area contributed by atoms with Crippen molar-refractivity contribution in [1.82, 2.24) is 15.4 Å². The molecule has 0 aliphatic heterocycles. The van der Waals surface area contributed by atoms with Crippen molar-refractivity contribution >= 4 is 0 Å². The van der Waals surface area contributed by atoms with Gasteiger partial charge in [-0.15, -0.1) is 0 Å². The molecule has 1 aromatic heterocycles. The van der Waals surface area contributed by atoms with Gasteiger partial charge in [-0.05, 0) is 29.5 Å². The van der Waals surface area contributed by atoms with Crippen LogP contribution in [0.25, 0.3) is 0 Å². The summed E-state index contributed by atoms with van der Waals surface area (Å²) in [6.45, 7) is 4.43. The predicted octanol–water partition coefficient (Wildman–Crippen LogP) is 2.23. The highest BCUT2D eigenvalue weighted by Crippen LogP contribution is 2.20. The van der Waals surface area contributed by atoms with Gasteiger partial charge in [0.15, 0.2) is 5.82 Å². The summed E-state index contributed by atoms with van der Waals surface area (Å²) in [6.07, 6.45) is 4.51. The van der Waals surface area contributed by atoms with Crippen LogP contribution in [0.1, 0.15) is 36.8 Å². The van der Waals surface area contributed by atoms with Gasteiger partial charge >= 0.3 is 0 Å². The number of nitrogens with one attached hydrogen (secondary N) is 1. The van der Waals surface area contributed by atoms with Gasteiger partial charge in [0.2, 0.25) is 0 Å². The first-order chi connectivity index (χ1) is 9.20. The molecular weight excluding hydrogens is 236 g/mol. The molecule has 0 radical (unpaired) electrons. The topological polar surface area (TPSA) is 63.8 Å². The van der Waals surface area contributed by atoms with Crippen LogP contribution in [0.3, 0.4) is 0 Å². The normalized spacial score (nSPS) is 12.6. The zero-order chi connectivity index (χ0) is 13.7. The molecule has 0 aliphatic carbocycles. The number of nitrogens with zero attached hydrogens (tertiary/aromatic N) is 2. The highest BCUT2D eigenvalue weighted by atomic mass is 15.2. The van der Waals surface area contributed by atoms with E-state index in [9.17, 15) is 0 Å². The summed E-state index contributed by atoms with van der Waals surface area (Å²) in [4.78, 5) is 8.53. The molecule has 1 atom stereocenters. The molecule has 1 unspecified atom stereocenters. The molecular formula is C15H20N4. The lowest BCUT2D eigenvalue weighted by atomic mass is 9.98. The largest absolute Gasteiger partial charge is 0.270 e. The average molecular weight is 256 g/mol. The average Bonchev–Trinajstić information content (AvgIpc) is 2.40. The Bertz CT molecular complexity index is 511. The van der Waals surface area contributed by atoms with E-state index in [1.165, 1.54) is 5.56 Å². The van der Waals surface area contributed by atoms with Crippen LogP contribution in [0, 0.1) is 5.92 Å². The SMILES string of the molecule is CC(C)Cc1cccc(C(NN)c2ncccn2)c1. The van der Waals surface area contributed by atoms with Crippen molar-refractivity contribution in [3.05, 3.63) is 59.7 Å². The fraction of sp³-hybridized carbons (Fsp3) is 0.333. The number of benzene rings is 1.